The van der Waals surface area contributed by atoms with Crippen molar-refractivity contribution >= 4 is 11.8 Å². The highest BCUT2D eigenvalue weighted by atomic mass is 32.2. The smallest absolute Gasteiger partial charge is 0.124 e. The minimum absolute atomic E-state index is 0.0974. The van der Waals surface area contributed by atoms with Crippen LogP contribution < -0.4 is 0 Å². The van der Waals surface area contributed by atoms with Crippen LogP contribution in [0.1, 0.15) is 25.0 Å². The summed E-state index contributed by atoms with van der Waals surface area (Å²) in [4.78, 5) is 0. The second-order valence-corrected chi connectivity index (χ2v) is 5.43. The van der Waals surface area contributed by atoms with Crippen molar-refractivity contribution in [2.45, 2.75) is 31.0 Å². The minimum Gasteiger partial charge on any atom is -0.392 e. The topological polar surface area (TPSA) is 40.5 Å². The summed E-state index contributed by atoms with van der Waals surface area (Å²) in [5.41, 5.74) is 1.39. The first-order chi connectivity index (χ1) is 8.52. The zero-order valence-electron chi connectivity index (χ0n) is 10.5. The Labute approximate surface area is 111 Å². The second-order valence-electron chi connectivity index (χ2n) is 4.06. The Morgan fingerprint density at radius 1 is 1.33 bits per heavy atom. The zero-order valence-corrected chi connectivity index (χ0v) is 11.3. The molecule has 0 aliphatic heterocycles. The summed E-state index contributed by atoms with van der Waals surface area (Å²) >= 11 is 1.56. The highest BCUT2D eigenvalue weighted by Crippen LogP contribution is 2.21. The Balaban J connectivity index is 2.74. The van der Waals surface area contributed by atoms with Gasteiger partial charge in [0, 0.05) is 16.6 Å². The molecule has 0 amide bonds. The molecule has 0 fully saturated rings. The molecule has 98 valence electrons. The van der Waals surface area contributed by atoms with Gasteiger partial charge in [0.1, 0.15) is 12.4 Å². The predicted octanol–water partition coefficient (Wildman–Crippen LogP) is 2.17. The summed E-state index contributed by atoms with van der Waals surface area (Å²) in [6, 6.07) is 4.61. The van der Waals surface area contributed by atoms with E-state index in [9.17, 15) is 9.50 Å². The predicted molar refractivity (Wildman–Crippen MR) is 72.8 cm³/mol. The molecule has 2 nitrogen and oxygen atoms in total. The van der Waals surface area contributed by atoms with Crippen LogP contribution in [-0.4, -0.2) is 28.2 Å². The van der Waals surface area contributed by atoms with Gasteiger partial charge in [0.15, 0.2) is 0 Å². The van der Waals surface area contributed by atoms with Crippen molar-refractivity contribution in [3.63, 3.8) is 0 Å². The molecule has 1 aromatic rings. The fourth-order valence-electron chi connectivity index (χ4n) is 1.31. The average Bonchev–Trinajstić information content (AvgIpc) is 2.32. The Bertz CT molecular complexity index is 449. The van der Waals surface area contributed by atoms with Crippen LogP contribution >= 0.6 is 11.8 Å². The van der Waals surface area contributed by atoms with E-state index in [1.54, 1.807) is 24.8 Å². The molecule has 2 unspecified atom stereocenters. The summed E-state index contributed by atoms with van der Waals surface area (Å²) in [5, 5.41) is 18.1. The highest BCUT2D eigenvalue weighted by molar-refractivity contribution is 7.99. The number of rotatable bonds is 4. The van der Waals surface area contributed by atoms with E-state index in [1.165, 1.54) is 12.1 Å². The maximum absolute atomic E-state index is 13.3. The standard InChI is InChI=1S/C14H17FO2S/c1-10(17)11(2)18-9-13-6-12(4-3-5-16)7-14(15)8-13/h6-8,10-11,16-17H,5,9H2,1-2H3. The van der Waals surface area contributed by atoms with Gasteiger partial charge in [0.25, 0.3) is 0 Å². The lowest BCUT2D eigenvalue weighted by atomic mass is 10.1. The van der Waals surface area contributed by atoms with Crippen LogP contribution in [-0.2, 0) is 5.75 Å². The van der Waals surface area contributed by atoms with Crippen molar-refractivity contribution in [1.82, 2.24) is 0 Å². The maximum atomic E-state index is 13.3. The van der Waals surface area contributed by atoms with E-state index in [4.69, 9.17) is 5.11 Å². The van der Waals surface area contributed by atoms with Gasteiger partial charge in [0.2, 0.25) is 0 Å². The lowest BCUT2D eigenvalue weighted by molar-refractivity contribution is 0.196. The summed E-state index contributed by atoms with van der Waals surface area (Å²) < 4.78 is 13.3. The number of hydrogen-bond donors (Lipinski definition) is 2. The van der Waals surface area contributed by atoms with E-state index in [1.807, 2.05) is 6.92 Å². The number of aliphatic hydroxyl groups is 2. The van der Waals surface area contributed by atoms with Crippen LogP contribution in [0, 0.1) is 17.7 Å². The molecule has 0 spiro atoms. The third-order valence-corrected chi connectivity index (χ3v) is 3.88. The number of thioether (sulfide) groups is 1. The first kappa shape index (κ1) is 15.0. The molecule has 0 aromatic heterocycles. The molecule has 1 aromatic carbocycles. The van der Waals surface area contributed by atoms with Crippen molar-refractivity contribution < 1.29 is 14.6 Å². The summed E-state index contributed by atoms with van der Waals surface area (Å²) in [5.74, 6) is 5.47. The molecular formula is C14H17FO2S. The number of benzene rings is 1. The van der Waals surface area contributed by atoms with Crippen LogP contribution in [0.15, 0.2) is 18.2 Å². The van der Waals surface area contributed by atoms with Gasteiger partial charge in [-0.15, -0.1) is 0 Å². The van der Waals surface area contributed by atoms with Crippen molar-refractivity contribution in [2.75, 3.05) is 6.61 Å². The maximum Gasteiger partial charge on any atom is 0.124 e. The summed E-state index contributed by atoms with van der Waals surface area (Å²) in [6.07, 6.45) is -0.391. The van der Waals surface area contributed by atoms with Crippen LogP contribution in [0.5, 0.6) is 0 Å². The Hall–Kier alpha value is -1.02. The second kappa shape index (κ2) is 7.42. The SMILES string of the molecule is CC(O)C(C)SCc1cc(F)cc(C#CCO)c1. The van der Waals surface area contributed by atoms with Crippen molar-refractivity contribution in [2.24, 2.45) is 0 Å². The van der Waals surface area contributed by atoms with Gasteiger partial charge < -0.3 is 10.2 Å². The van der Waals surface area contributed by atoms with Crippen LogP contribution in [0.2, 0.25) is 0 Å². The zero-order chi connectivity index (χ0) is 13.5. The van der Waals surface area contributed by atoms with Crippen molar-refractivity contribution in [3.8, 4) is 11.8 Å². The molecule has 0 saturated carbocycles. The molecule has 0 aliphatic carbocycles. The fraction of sp³-hybridized carbons (Fsp3) is 0.429. The number of halogens is 1. The van der Waals surface area contributed by atoms with E-state index in [2.05, 4.69) is 11.8 Å². The van der Waals surface area contributed by atoms with Gasteiger partial charge in [-0.25, -0.2) is 4.39 Å². The number of hydrogen-bond acceptors (Lipinski definition) is 3. The molecule has 0 radical (unpaired) electrons. The van der Waals surface area contributed by atoms with Gasteiger partial charge in [-0.3, -0.25) is 0 Å². The van der Waals surface area contributed by atoms with E-state index >= 15 is 0 Å². The molecule has 2 atom stereocenters. The monoisotopic (exact) mass is 268 g/mol. The average molecular weight is 268 g/mol. The molecule has 4 heteroatoms. The van der Waals surface area contributed by atoms with E-state index in [-0.39, 0.29) is 17.7 Å². The first-order valence-corrected chi connectivity index (χ1v) is 6.76. The minimum atomic E-state index is -0.391. The summed E-state index contributed by atoms with van der Waals surface area (Å²) in [7, 11) is 0. The lowest BCUT2D eigenvalue weighted by Crippen LogP contribution is -2.15. The molecule has 0 saturated heterocycles. The van der Waals surface area contributed by atoms with Crippen molar-refractivity contribution in [3.05, 3.63) is 35.1 Å². The first-order valence-electron chi connectivity index (χ1n) is 5.71. The number of aliphatic hydroxyl groups excluding tert-OH is 2. The lowest BCUT2D eigenvalue weighted by Gasteiger charge is -2.14. The van der Waals surface area contributed by atoms with Crippen LogP contribution in [0.4, 0.5) is 4.39 Å². The molecule has 1 rings (SSSR count). The molecule has 18 heavy (non-hydrogen) atoms. The quantitative estimate of drug-likeness (QED) is 0.822. The molecule has 2 N–H and O–H groups in total. The summed E-state index contributed by atoms with van der Waals surface area (Å²) in [6.45, 7) is 3.43. The van der Waals surface area contributed by atoms with Gasteiger partial charge in [-0.2, -0.15) is 11.8 Å². The van der Waals surface area contributed by atoms with Crippen molar-refractivity contribution in [1.29, 1.82) is 0 Å². The van der Waals surface area contributed by atoms with Crippen LogP contribution in [0.25, 0.3) is 0 Å². The normalized spacial score (nSPS) is 13.6. The third kappa shape index (κ3) is 5.09. The molecular weight excluding hydrogens is 251 g/mol. The van der Waals surface area contributed by atoms with Gasteiger partial charge >= 0.3 is 0 Å². The largest absolute Gasteiger partial charge is 0.392 e. The van der Waals surface area contributed by atoms with Gasteiger partial charge in [-0.1, -0.05) is 18.8 Å². The fourth-order valence-corrected chi connectivity index (χ4v) is 2.21. The van der Waals surface area contributed by atoms with E-state index in [0.717, 1.165) is 5.56 Å². The molecule has 0 aliphatic rings. The molecule has 0 heterocycles. The van der Waals surface area contributed by atoms with E-state index < -0.39 is 6.10 Å². The van der Waals surface area contributed by atoms with E-state index in [0.29, 0.717) is 11.3 Å². The third-order valence-electron chi connectivity index (χ3n) is 2.46. The van der Waals surface area contributed by atoms with Crippen LogP contribution in [0.3, 0.4) is 0 Å². The Morgan fingerprint density at radius 2 is 2.06 bits per heavy atom. The van der Waals surface area contributed by atoms with Gasteiger partial charge in [-0.05, 0) is 30.7 Å². The highest BCUT2D eigenvalue weighted by Gasteiger charge is 2.09. The Morgan fingerprint density at radius 3 is 2.67 bits per heavy atom. The molecule has 0 bridgehead atoms. The van der Waals surface area contributed by atoms with Gasteiger partial charge in [0.05, 0.1) is 6.10 Å². The Kier molecular flexibility index (Phi) is 6.20.